The molecule has 0 spiro atoms. The first kappa shape index (κ1) is 14.2. The minimum absolute atomic E-state index is 0.0218. The number of ketones is 1. The quantitative estimate of drug-likeness (QED) is 0.787. The Labute approximate surface area is 118 Å². The summed E-state index contributed by atoms with van der Waals surface area (Å²) in [4.78, 5) is 14.4. The van der Waals surface area contributed by atoms with Gasteiger partial charge >= 0.3 is 0 Å². The normalized spacial score (nSPS) is 15.2. The Morgan fingerprint density at radius 2 is 1.75 bits per heavy atom. The van der Waals surface area contributed by atoms with Gasteiger partial charge in [0.2, 0.25) is 5.75 Å². The molecule has 1 aliphatic carbocycles. The molecule has 0 unspecified atom stereocenters. The van der Waals surface area contributed by atoms with E-state index in [9.17, 15) is 4.79 Å². The van der Waals surface area contributed by atoms with Crippen molar-refractivity contribution in [2.45, 2.75) is 6.42 Å². The van der Waals surface area contributed by atoms with Gasteiger partial charge in [-0.05, 0) is 11.6 Å². The number of carbonyl (C=O) groups excluding carboxylic acids is 1. The van der Waals surface area contributed by atoms with Gasteiger partial charge in [-0.2, -0.15) is 0 Å². The molecule has 0 aliphatic heterocycles. The molecule has 0 amide bonds. The molecular weight excluding hydrogens is 258 g/mol. The lowest BCUT2D eigenvalue weighted by molar-refractivity contribution is 0.103. The van der Waals surface area contributed by atoms with Crippen molar-refractivity contribution >= 4 is 5.78 Å². The van der Waals surface area contributed by atoms with Crippen molar-refractivity contribution in [3.63, 3.8) is 0 Å². The topological polar surface area (TPSA) is 48.0 Å². The van der Waals surface area contributed by atoms with Crippen LogP contribution in [0.1, 0.15) is 15.9 Å². The fourth-order valence-electron chi connectivity index (χ4n) is 2.46. The van der Waals surface area contributed by atoms with Gasteiger partial charge in [-0.25, -0.2) is 0 Å². The smallest absolute Gasteiger partial charge is 0.204 e. The van der Waals surface area contributed by atoms with E-state index in [0.29, 0.717) is 29.2 Å². The van der Waals surface area contributed by atoms with Crippen molar-refractivity contribution in [1.82, 2.24) is 4.90 Å². The van der Waals surface area contributed by atoms with E-state index in [1.807, 2.05) is 31.3 Å². The zero-order chi connectivity index (χ0) is 14.9. The monoisotopic (exact) mass is 277 g/mol. The average Bonchev–Trinajstić information content (AvgIpc) is 2.72. The Bertz CT molecular complexity index is 576. The van der Waals surface area contributed by atoms with Crippen molar-refractivity contribution in [1.29, 1.82) is 0 Å². The van der Waals surface area contributed by atoms with Crippen molar-refractivity contribution < 1.29 is 19.0 Å². The highest BCUT2D eigenvalue weighted by atomic mass is 16.5. The second-order valence-corrected chi connectivity index (χ2v) is 4.80. The minimum atomic E-state index is -0.0218. The highest BCUT2D eigenvalue weighted by Crippen LogP contribution is 2.45. The van der Waals surface area contributed by atoms with Gasteiger partial charge in [0.25, 0.3) is 0 Å². The molecule has 20 heavy (non-hydrogen) atoms. The number of methoxy groups -OCH3 is 3. The van der Waals surface area contributed by atoms with Gasteiger partial charge < -0.3 is 19.1 Å². The number of hydrogen-bond donors (Lipinski definition) is 0. The second kappa shape index (κ2) is 5.45. The van der Waals surface area contributed by atoms with Crippen molar-refractivity contribution in [2.24, 2.45) is 0 Å². The molecule has 0 N–H and O–H groups in total. The number of rotatable bonds is 4. The minimum Gasteiger partial charge on any atom is -0.493 e. The Morgan fingerprint density at radius 3 is 2.25 bits per heavy atom. The number of benzene rings is 1. The fraction of sp³-hybridized carbons (Fsp3) is 0.400. The summed E-state index contributed by atoms with van der Waals surface area (Å²) in [6, 6.07) is 1.84. The summed E-state index contributed by atoms with van der Waals surface area (Å²) in [5.74, 6) is 1.44. The molecular formula is C15H19NO4. The molecule has 1 aliphatic rings. The van der Waals surface area contributed by atoms with Gasteiger partial charge in [0.1, 0.15) is 0 Å². The highest BCUT2D eigenvalue weighted by molar-refractivity contribution is 6.15. The molecule has 0 saturated heterocycles. The van der Waals surface area contributed by atoms with E-state index in [1.54, 1.807) is 7.11 Å². The summed E-state index contributed by atoms with van der Waals surface area (Å²) >= 11 is 0. The van der Waals surface area contributed by atoms with E-state index >= 15 is 0 Å². The molecule has 0 aromatic heterocycles. The molecule has 0 atom stereocenters. The SMILES string of the molecule is COc1cc2c(c(OC)c1OC)C(=O)/C(=C\N(C)C)C2. The summed E-state index contributed by atoms with van der Waals surface area (Å²) < 4.78 is 16.0. The van der Waals surface area contributed by atoms with Gasteiger partial charge in [-0.1, -0.05) is 0 Å². The molecule has 5 heteroatoms. The van der Waals surface area contributed by atoms with E-state index in [1.165, 1.54) is 14.2 Å². The maximum Gasteiger partial charge on any atom is 0.204 e. The predicted molar refractivity (Wildman–Crippen MR) is 75.9 cm³/mol. The first-order chi connectivity index (χ1) is 9.53. The van der Waals surface area contributed by atoms with Crippen LogP contribution in [0.15, 0.2) is 17.8 Å². The molecule has 0 bridgehead atoms. The molecule has 1 aromatic rings. The second-order valence-electron chi connectivity index (χ2n) is 4.80. The van der Waals surface area contributed by atoms with Crippen LogP contribution in [0.5, 0.6) is 17.2 Å². The van der Waals surface area contributed by atoms with Crippen LogP contribution in [-0.4, -0.2) is 46.1 Å². The van der Waals surface area contributed by atoms with E-state index in [-0.39, 0.29) is 5.78 Å². The van der Waals surface area contributed by atoms with Crippen LogP contribution in [0.2, 0.25) is 0 Å². The lowest BCUT2D eigenvalue weighted by Crippen LogP contribution is -2.07. The molecule has 0 heterocycles. The van der Waals surface area contributed by atoms with Gasteiger partial charge in [-0.3, -0.25) is 4.79 Å². The van der Waals surface area contributed by atoms with E-state index in [0.717, 1.165) is 11.1 Å². The summed E-state index contributed by atoms with van der Waals surface area (Å²) in [7, 11) is 8.40. The largest absolute Gasteiger partial charge is 0.493 e. The maximum atomic E-state index is 12.5. The van der Waals surface area contributed by atoms with Crippen molar-refractivity contribution in [2.75, 3.05) is 35.4 Å². The number of allylic oxidation sites excluding steroid dienone is 1. The van der Waals surface area contributed by atoms with Crippen molar-refractivity contribution in [3.05, 3.63) is 29.0 Å². The number of fused-ring (bicyclic) bond motifs is 1. The van der Waals surface area contributed by atoms with Gasteiger partial charge in [0.05, 0.1) is 26.9 Å². The first-order valence-electron chi connectivity index (χ1n) is 6.27. The third-order valence-corrected chi connectivity index (χ3v) is 3.23. The molecule has 0 fully saturated rings. The zero-order valence-corrected chi connectivity index (χ0v) is 12.4. The third-order valence-electron chi connectivity index (χ3n) is 3.23. The Balaban J connectivity index is 2.63. The van der Waals surface area contributed by atoms with Crippen LogP contribution < -0.4 is 14.2 Å². The van der Waals surface area contributed by atoms with Crippen LogP contribution in [0, 0.1) is 0 Å². The Morgan fingerprint density at radius 1 is 1.10 bits per heavy atom. The maximum absolute atomic E-state index is 12.5. The Hall–Kier alpha value is -2.17. The fourth-order valence-corrected chi connectivity index (χ4v) is 2.46. The summed E-state index contributed by atoms with van der Waals surface area (Å²) in [5.41, 5.74) is 2.20. The van der Waals surface area contributed by atoms with Crippen molar-refractivity contribution in [3.8, 4) is 17.2 Å². The van der Waals surface area contributed by atoms with Crippen LogP contribution in [0.3, 0.4) is 0 Å². The van der Waals surface area contributed by atoms with E-state index in [4.69, 9.17) is 14.2 Å². The Kier molecular flexibility index (Phi) is 3.88. The van der Waals surface area contributed by atoms with E-state index < -0.39 is 0 Å². The third kappa shape index (κ3) is 2.19. The highest BCUT2D eigenvalue weighted by Gasteiger charge is 2.32. The van der Waals surface area contributed by atoms with Gasteiger partial charge in [-0.15, -0.1) is 0 Å². The van der Waals surface area contributed by atoms with Crippen LogP contribution in [0.25, 0.3) is 0 Å². The number of hydrogen-bond acceptors (Lipinski definition) is 5. The summed E-state index contributed by atoms with van der Waals surface area (Å²) in [6.07, 6.45) is 2.41. The van der Waals surface area contributed by atoms with Gasteiger partial charge in [0.15, 0.2) is 17.3 Å². The number of nitrogens with zero attached hydrogens (tertiary/aromatic N) is 1. The predicted octanol–water partition coefficient (Wildman–Crippen LogP) is 1.90. The van der Waals surface area contributed by atoms with Crippen LogP contribution in [0.4, 0.5) is 0 Å². The lowest BCUT2D eigenvalue weighted by Gasteiger charge is -2.14. The average molecular weight is 277 g/mol. The van der Waals surface area contributed by atoms with Crippen LogP contribution in [-0.2, 0) is 6.42 Å². The number of Topliss-reactive ketones (excluding diaryl/α,β-unsaturated/α-hetero) is 1. The molecule has 108 valence electrons. The zero-order valence-electron chi connectivity index (χ0n) is 12.4. The summed E-state index contributed by atoms with van der Waals surface area (Å²) in [6.45, 7) is 0. The van der Waals surface area contributed by atoms with E-state index in [2.05, 4.69) is 0 Å². The molecule has 0 saturated carbocycles. The number of ether oxygens (including phenoxy) is 3. The molecule has 2 rings (SSSR count). The molecule has 1 aromatic carbocycles. The molecule has 5 nitrogen and oxygen atoms in total. The van der Waals surface area contributed by atoms with Gasteiger partial charge in [0, 0.05) is 32.3 Å². The lowest BCUT2D eigenvalue weighted by atomic mass is 10.1. The first-order valence-corrected chi connectivity index (χ1v) is 6.27. The summed E-state index contributed by atoms with van der Waals surface area (Å²) in [5, 5.41) is 0. The standard InChI is InChI=1S/C15H19NO4/c1-16(2)8-10-6-9-7-11(18-3)14(19-4)15(20-5)12(9)13(10)17/h7-8H,6H2,1-5H3/b10-8-. The number of carbonyl (C=O) groups is 1. The van der Waals surface area contributed by atoms with Crippen LogP contribution >= 0.6 is 0 Å². The molecule has 0 radical (unpaired) electrons.